The Balaban J connectivity index is 1.55. The zero-order chi connectivity index (χ0) is 17.2. The maximum Gasteiger partial charge on any atom is 0.220 e. The minimum absolute atomic E-state index is 0.0471. The lowest BCUT2D eigenvalue weighted by atomic mass is 9.94. The number of H-pyrrole nitrogens is 1. The van der Waals surface area contributed by atoms with Gasteiger partial charge >= 0.3 is 0 Å². The predicted molar refractivity (Wildman–Crippen MR) is 96.9 cm³/mol. The fourth-order valence-corrected chi connectivity index (χ4v) is 3.72. The fourth-order valence-electron chi connectivity index (χ4n) is 3.72. The van der Waals surface area contributed by atoms with Crippen LogP contribution in [0.1, 0.15) is 37.1 Å². The Labute approximate surface area is 146 Å². The van der Waals surface area contributed by atoms with Crippen molar-refractivity contribution in [1.29, 1.82) is 0 Å². The van der Waals surface area contributed by atoms with Crippen LogP contribution in [0.3, 0.4) is 0 Å². The molecule has 4 rings (SSSR count). The Morgan fingerprint density at radius 3 is 3.12 bits per heavy atom. The Bertz CT molecular complexity index is 881. The molecule has 6 heteroatoms. The van der Waals surface area contributed by atoms with Crippen molar-refractivity contribution in [2.24, 2.45) is 0 Å². The van der Waals surface area contributed by atoms with Crippen molar-refractivity contribution in [1.82, 2.24) is 25.4 Å². The standard InChI is InChI=1S/C19H23N5O/c1-2-24-17(9-11-22-24)19-16(6-7-18(25)23-19)21-12-13-4-3-5-15-14(13)8-10-20-15/h3-5,8-11,16,19-21H,2,6-7,12H2,1H3,(H,23,25). The molecule has 1 aliphatic heterocycles. The average Bonchev–Trinajstić information content (AvgIpc) is 3.29. The van der Waals surface area contributed by atoms with Crippen LogP contribution >= 0.6 is 0 Å². The molecule has 6 nitrogen and oxygen atoms in total. The first kappa shape index (κ1) is 15.9. The summed E-state index contributed by atoms with van der Waals surface area (Å²) in [6, 6.07) is 10.6. The number of amides is 1. The predicted octanol–water partition coefficient (Wildman–Crippen LogP) is 2.49. The summed E-state index contributed by atoms with van der Waals surface area (Å²) in [5.41, 5.74) is 3.48. The maximum atomic E-state index is 12.0. The number of aromatic nitrogens is 3. The second kappa shape index (κ2) is 6.72. The summed E-state index contributed by atoms with van der Waals surface area (Å²) >= 11 is 0. The summed E-state index contributed by atoms with van der Waals surface area (Å²) in [6.07, 6.45) is 5.16. The van der Waals surface area contributed by atoms with E-state index in [9.17, 15) is 4.79 Å². The van der Waals surface area contributed by atoms with Crippen LogP contribution in [0.4, 0.5) is 0 Å². The van der Waals surface area contributed by atoms with E-state index in [2.05, 4.69) is 51.9 Å². The first-order chi connectivity index (χ1) is 12.3. The molecule has 1 amide bonds. The van der Waals surface area contributed by atoms with Crippen molar-refractivity contribution in [3.05, 3.63) is 54.0 Å². The summed E-state index contributed by atoms with van der Waals surface area (Å²) in [5, 5.41) is 12.4. The Morgan fingerprint density at radius 1 is 1.32 bits per heavy atom. The van der Waals surface area contributed by atoms with E-state index in [1.165, 1.54) is 10.9 Å². The van der Waals surface area contributed by atoms with Crippen LogP contribution < -0.4 is 10.6 Å². The monoisotopic (exact) mass is 337 g/mol. The minimum atomic E-state index is -0.0471. The van der Waals surface area contributed by atoms with Crippen molar-refractivity contribution >= 4 is 16.8 Å². The van der Waals surface area contributed by atoms with E-state index in [0.717, 1.165) is 30.7 Å². The normalized spacial score (nSPS) is 20.8. The van der Waals surface area contributed by atoms with Gasteiger partial charge in [-0.2, -0.15) is 5.10 Å². The molecule has 3 N–H and O–H groups in total. The smallest absolute Gasteiger partial charge is 0.220 e. The third-order valence-corrected chi connectivity index (χ3v) is 5.01. The fraction of sp³-hybridized carbons (Fsp3) is 0.368. The molecule has 2 atom stereocenters. The number of piperidine rings is 1. The van der Waals surface area contributed by atoms with Crippen molar-refractivity contribution in [3.63, 3.8) is 0 Å². The number of carbonyl (C=O) groups excluding carboxylic acids is 1. The van der Waals surface area contributed by atoms with E-state index >= 15 is 0 Å². The van der Waals surface area contributed by atoms with Crippen molar-refractivity contribution in [3.8, 4) is 0 Å². The third-order valence-electron chi connectivity index (χ3n) is 5.01. The van der Waals surface area contributed by atoms with Crippen molar-refractivity contribution in [2.45, 2.75) is 44.9 Å². The van der Waals surface area contributed by atoms with Gasteiger partial charge in [0.2, 0.25) is 5.91 Å². The number of benzene rings is 1. The van der Waals surface area contributed by atoms with E-state index in [0.29, 0.717) is 6.42 Å². The number of nitrogens with one attached hydrogen (secondary N) is 3. The van der Waals surface area contributed by atoms with Gasteiger partial charge in [0.05, 0.1) is 11.7 Å². The van der Waals surface area contributed by atoms with Crippen LogP contribution in [0.5, 0.6) is 0 Å². The number of aromatic amines is 1. The molecule has 3 heterocycles. The quantitative estimate of drug-likeness (QED) is 0.670. The number of nitrogens with zero attached hydrogens (tertiary/aromatic N) is 2. The van der Waals surface area contributed by atoms with Crippen LogP contribution in [0.15, 0.2) is 42.7 Å². The van der Waals surface area contributed by atoms with Gasteiger partial charge in [-0.15, -0.1) is 0 Å². The van der Waals surface area contributed by atoms with Gasteiger partial charge in [-0.25, -0.2) is 0 Å². The molecule has 25 heavy (non-hydrogen) atoms. The first-order valence-corrected chi connectivity index (χ1v) is 8.85. The number of aryl methyl sites for hydroxylation is 1. The van der Waals surface area contributed by atoms with Crippen LogP contribution in [-0.4, -0.2) is 26.7 Å². The number of hydrogen-bond acceptors (Lipinski definition) is 3. The van der Waals surface area contributed by atoms with Gasteiger partial charge in [0.1, 0.15) is 0 Å². The zero-order valence-corrected chi connectivity index (χ0v) is 14.3. The minimum Gasteiger partial charge on any atom is -0.361 e. The summed E-state index contributed by atoms with van der Waals surface area (Å²) in [4.78, 5) is 15.2. The van der Waals surface area contributed by atoms with Crippen LogP contribution in [0.25, 0.3) is 10.9 Å². The summed E-state index contributed by atoms with van der Waals surface area (Å²) < 4.78 is 1.96. The molecule has 1 saturated heterocycles. The molecule has 0 saturated carbocycles. The Morgan fingerprint density at radius 2 is 2.24 bits per heavy atom. The second-order valence-electron chi connectivity index (χ2n) is 6.50. The highest BCUT2D eigenvalue weighted by Crippen LogP contribution is 2.25. The molecule has 0 aliphatic carbocycles. The molecule has 1 aromatic carbocycles. The summed E-state index contributed by atoms with van der Waals surface area (Å²) in [7, 11) is 0. The maximum absolute atomic E-state index is 12.0. The second-order valence-corrected chi connectivity index (χ2v) is 6.50. The molecule has 0 bridgehead atoms. The van der Waals surface area contributed by atoms with Crippen molar-refractivity contribution < 1.29 is 4.79 Å². The first-order valence-electron chi connectivity index (χ1n) is 8.85. The number of hydrogen-bond donors (Lipinski definition) is 3. The topological polar surface area (TPSA) is 74.7 Å². The number of fused-ring (bicyclic) bond motifs is 1. The number of rotatable bonds is 5. The summed E-state index contributed by atoms with van der Waals surface area (Å²) in [6.45, 7) is 3.63. The zero-order valence-electron chi connectivity index (χ0n) is 14.3. The summed E-state index contributed by atoms with van der Waals surface area (Å²) in [5.74, 6) is 0.111. The van der Waals surface area contributed by atoms with Gasteiger partial charge in [-0.3, -0.25) is 9.48 Å². The van der Waals surface area contributed by atoms with Crippen LogP contribution in [-0.2, 0) is 17.9 Å². The van der Waals surface area contributed by atoms with Gasteiger partial charge < -0.3 is 15.6 Å². The highest BCUT2D eigenvalue weighted by Gasteiger charge is 2.31. The molecule has 1 fully saturated rings. The van der Waals surface area contributed by atoms with E-state index in [1.807, 2.05) is 16.9 Å². The highest BCUT2D eigenvalue weighted by molar-refractivity contribution is 5.82. The van der Waals surface area contributed by atoms with Crippen molar-refractivity contribution in [2.75, 3.05) is 0 Å². The lowest BCUT2D eigenvalue weighted by molar-refractivity contribution is -0.124. The van der Waals surface area contributed by atoms with E-state index in [-0.39, 0.29) is 18.0 Å². The van der Waals surface area contributed by atoms with E-state index in [1.54, 1.807) is 6.20 Å². The Kier molecular flexibility index (Phi) is 4.28. The Hall–Kier alpha value is -2.60. The van der Waals surface area contributed by atoms with E-state index in [4.69, 9.17) is 0 Å². The average molecular weight is 337 g/mol. The highest BCUT2D eigenvalue weighted by atomic mass is 16.1. The molecular weight excluding hydrogens is 314 g/mol. The van der Waals surface area contributed by atoms with Crippen LogP contribution in [0, 0.1) is 0 Å². The number of carbonyl (C=O) groups is 1. The van der Waals surface area contributed by atoms with Gasteiger partial charge in [-0.05, 0) is 37.1 Å². The molecule has 130 valence electrons. The SMILES string of the molecule is CCn1nccc1C1NC(=O)CCC1NCc1cccc2[nH]ccc12. The molecule has 0 radical (unpaired) electrons. The molecule has 2 aromatic heterocycles. The molecule has 3 aromatic rings. The molecular formula is C19H23N5O. The van der Waals surface area contributed by atoms with Crippen LogP contribution in [0.2, 0.25) is 0 Å². The van der Waals surface area contributed by atoms with Gasteiger partial charge in [0.15, 0.2) is 0 Å². The van der Waals surface area contributed by atoms with Gasteiger partial charge in [0.25, 0.3) is 0 Å². The third kappa shape index (κ3) is 3.05. The molecule has 1 aliphatic rings. The lowest BCUT2D eigenvalue weighted by Gasteiger charge is -2.33. The largest absolute Gasteiger partial charge is 0.361 e. The van der Waals surface area contributed by atoms with Gasteiger partial charge in [-0.1, -0.05) is 12.1 Å². The van der Waals surface area contributed by atoms with E-state index < -0.39 is 0 Å². The molecule has 2 unspecified atom stereocenters. The molecule has 0 spiro atoms. The lowest BCUT2D eigenvalue weighted by Crippen LogP contribution is -2.48. The van der Waals surface area contributed by atoms with Gasteiger partial charge in [0, 0.05) is 48.8 Å².